The Labute approximate surface area is 61.2 Å². The van der Waals surface area contributed by atoms with Crippen LogP contribution in [0.25, 0.3) is 0 Å². The molecule has 0 aliphatic carbocycles. The molecular weight excluding hydrogens is 152 g/mol. The maximum Gasteiger partial charge on any atom is 0.224 e. The summed E-state index contributed by atoms with van der Waals surface area (Å²) in [4.78, 5) is 0. The zero-order valence-corrected chi connectivity index (χ0v) is 6.69. The van der Waals surface area contributed by atoms with Crippen molar-refractivity contribution in [1.82, 2.24) is 5.32 Å². The largest absolute Gasteiger partial charge is 0.297 e. The molecule has 0 aromatic rings. The first-order valence-corrected chi connectivity index (χ1v) is 4.45. The van der Waals surface area contributed by atoms with Gasteiger partial charge in [-0.15, -0.1) is 6.58 Å². The first-order valence-electron chi connectivity index (χ1n) is 2.84. The highest BCUT2D eigenvalue weighted by molar-refractivity contribution is 7.89. The number of nitrogens with one attached hydrogen (secondary N) is 1. The second-order valence-corrected chi connectivity index (χ2v) is 3.81. The Bertz CT molecular complexity index is 198. The molecule has 0 spiro atoms. The van der Waals surface area contributed by atoms with Gasteiger partial charge in [0.15, 0.2) is 0 Å². The molecule has 0 aliphatic rings. The molecule has 10 heavy (non-hydrogen) atoms. The van der Waals surface area contributed by atoms with E-state index in [1.54, 1.807) is 6.08 Å². The first kappa shape index (κ1) is 9.61. The smallest absolute Gasteiger partial charge is 0.224 e. The average Bonchev–Trinajstić information content (AvgIpc) is 1.80. The summed E-state index contributed by atoms with van der Waals surface area (Å²) < 4.78 is 21.0. The first-order chi connectivity index (χ1) is 4.48. The summed E-state index contributed by atoms with van der Waals surface area (Å²) in [6.45, 7) is 5.34. The predicted octanol–water partition coefficient (Wildman–Crippen LogP) is -0.603. The van der Waals surface area contributed by atoms with Gasteiger partial charge in [-0.3, -0.25) is 5.32 Å². The van der Waals surface area contributed by atoms with E-state index in [1.165, 1.54) is 6.92 Å². The van der Waals surface area contributed by atoms with Gasteiger partial charge >= 0.3 is 0 Å². The zero-order valence-electron chi connectivity index (χ0n) is 5.87. The van der Waals surface area contributed by atoms with Crippen LogP contribution in [0.4, 0.5) is 0 Å². The summed E-state index contributed by atoms with van der Waals surface area (Å²) in [5, 5.41) is 6.73. The van der Waals surface area contributed by atoms with Crippen LogP contribution in [-0.2, 0) is 10.0 Å². The molecule has 0 heterocycles. The van der Waals surface area contributed by atoms with E-state index < -0.39 is 15.4 Å². The monoisotopic (exact) mass is 164 g/mol. The highest BCUT2D eigenvalue weighted by Crippen LogP contribution is 1.87. The second kappa shape index (κ2) is 3.70. The van der Waals surface area contributed by atoms with Crippen molar-refractivity contribution in [3.63, 3.8) is 0 Å². The van der Waals surface area contributed by atoms with Gasteiger partial charge in [0.05, 0.1) is 0 Å². The third kappa shape index (κ3) is 3.60. The third-order valence-electron chi connectivity index (χ3n) is 1.04. The van der Waals surface area contributed by atoms with E-state index in [9.17, 15) is 8.42 Å². The molecular formula is C5H12N2O2S. The van der Waals surface area contributed by atoms with Crippen LogP contribution in [0.1, 0.15) is 6.92 Å². The lowest BCUT2D eigenvalue weighted by Gasteiger charge is -2.08. The number of sulfonamides is 1. The molecule has 3 N–H and O–H groups in total. The molecule has 1 atom stereocenters. The van der Waals surface area contributed by atoms with Crippen LogP contribution in [0.5, 0.6) is 0 Å². The van der Waals surface area contributed by atoms with Gasteiger partial charge in [-0.25, -0.2) is 13.6 Å². The molecule has 0 aromatic carbocycles. The topological polar surface area (TPSA) is 72.2 Å². The Morgan fingerprint density at radius 3 is 2.60 bits per heavy atom. The lowest BCUT2D eigenvalue weighted by Crippen LogP contribution is -2.38. The number of hydrogen-bond acceptors (Lipinski definition) is 3. The molecule has 4 nitrogen and oxygen atoms in total. The van der Waals surface area contributed by atoms with Crippen LogP contribution in [-0.4, -0.2) is 20.3 Å². The molecule has 0 saturated heterocycles. The normalized spacial score (nSPS) is 14.6. The maximum absolute atomic E-state index is 10.5. The minimum Gasteiger partial charge on any atom is -0.297 e. The fourth-order valence-electron chi connectivity index (χ4n) is 0.365. The van der Waals surface area contributed by atoms with Crippen molar-refractivity contribution < 1.29 is 8.42 Å². The predicted molar refractivity (Wildman–Crippen MR) is 40.8 cm³/mol. The summed E-state index contributed by atoms with van der Waals surface area (Å²) in [7, 11) is -3.43. The number of rotatable bonds is 4. The number of primary sulfonamides is 1. The third-order valence-corrected chi connectivity index (χ3v) is 2.19. The number of nitrogens with two attached hydrogens (primary N) is 1. The summed E-state index contributed by atoms with van der Waals surface area (Å²) in [5.74, 6) is 0. The second-order valence-electron chi connectivity index (χ2n) is 1.93. The van der Waals surface area contributed by atoms with Crippen LogP contribution in [0.3, 0.4) is 0 Å². The van der Waals surface area contributed by atoms with Crippen molar-refractivity contribution in [3.8, 4) is 0 Å². The molecule has 0 aromatic heterocycles. The Kier molecular flexibility index (Phi) is 3.55. The van der Waals surface area contributed by atoms with Crippen molar-refractivity contribution in [2.45, 2.75) is 12.3 Å². The Morgan fingerprint density at radius 2 is 2.30 bits per heavy atom. The van der Waals surface area contributed by atoms with Crippen LogP contribution >= 0.6 is 0 Å². The van der Waals surface area contributed by atoms with Crippen molar-refractivity contribution in [2.75, 3.05) is 6.54 Å². The van der Waals surface area contributed by atoms with E-state index in [0.717, 1.165) is 0 Å². The van der Waals surface area contributed by atoms with Gasteiger partial charge in [0.25, 0.3) is 0 Å². The quantitative estimate of drug-likeness (QED) is 0.545. The van der Waals surface area contributed by atoms with Gasteiger partial charge in [0, 0.05) is 6.54 Å². The van der Waals surface area contributed by atoms with E-state index in [4.69, 9.17) is 5.14 Å². The van der Waals surface area contributed by atoms with Crippen molar-refractivity contribution in [2.24, 2.45) is 5.14 Å². The molecule has 5 heteroatoms. The van der Waals surface area contributed by atoms with Gasteiger partial charge in [-0.1, -0.05) is 6.08 Å². The molecule has 0 fully saturated rings. The van der Waals surface area contributed by atoms with Gasteiger partial charge < -0.3 is 0 Å². The summed E-state index contributed by atoms with van der Waals surface area (Å²) in [6, 6.07) is 0. The minimum atomic E-state index is -3.43. The van der Waals surface area contributed by atoms with E-state index in [-0.39, 0.29) is 0 Å². The lowest BCUT2D eigenvalue weighted by molar-refractivity contribution is 0.569. The van der Waals surface area contributed by atoms with Gasteiger partial charge in [-0.05, 0) is 6.92 Å². The molecule has 60 valence electrons. The van der Waals surface area contributed by atoms with Crippen LogP contribution in [0, 0.1) is 0 Å². The van der Waals surface area contributed by atoms with Crippen LogP contribution in [0.15, 0.2) is 12.7 Å². The molecule has 0 rings (SSSR count). The van der Waals surface area contributed by atoms with E-state index >= 15 is 0 Å². The Balaban J connectivity index is 3.86. The van der Waals surface area contributed by atoms with Crippen LogP contribution < -0.4 is 10.5 Å². The zero-order chi connectivity index (χ0) is 8.20. The summed E-state index contributed by atoms with van der Waals surface area (Å²) in [5.41, 5.74) is 0. The summed E-state index contributed by atoms with van der Waals surface area (Å²) in [6.07, 6.45) is 1.57. The highest BCUT2D eigenvalue weighted by Gasteiger charge is 2.12. The SMILES string of the molecule is C=CCNC(C)S(N)(=O)=O. The van der Waals surface area contributed by atoms with Crippen molar-refractivity contribution >= 4 is 10.0 Å². The Hall–Kier alpha value is -0.390. The van der Waals surface area contributed by atoms with Crippen LogP contribution in [0.2, 0.25) is 0 Å². The maximum atomic E-state index is 10.5. The standard InChI is InChI=1S/C5H12N2O2S/c1-3-4-7-5(2)10(6,8)9/h3,5,7H,1,4H2,2H3,(H2,6,8,9). The molecule has 1 unspecified atom stereocenters. The van der Waals surface area contributed by atoms with E-state index in [2.05, 4.69) is 11.9 Å². The van der Waals surface area contributed by atoms with E-state index in [0.29, 0.717) is 6.54 Å². The fraction of sp³-hybridized carbons (Fsp3) is 0.600. The highest BCUT2D eigenvalue weighted by atomic mass is 32.2. The number of hydrogen-bond donors (Lipinski definition) is 2. The molecule has 0 amide bonds. The molecule has 0 bridgehead atoms. The fourth-order valence-corrected chi connectivity index (χ4v) is 0.694. The van der Waals surface area contributed by atoms with Gasteiger partial charge in [-0.2, -0.15) is 0 Å². The van der Waals surface area contributed by atoms with Gasteiger partial charge in [0.1, 0.15) is 5.37 Å². The molecule has 0 saturated carbocycles. The van der Waals surface area contributed by atoms with E-state index in [1.807, 2.05) is 0 Å². The molecule has 0 radical (unpaired) electrons. The minimum absolute atomic E-state index is 0.442. The Morgan fingerprint density at radius 1 is 1.80 bits per heavy atom. The average molecular weight is 164 g/mol. The molecule has 0 aliphatic heterocycles. The van der Waals surface area contributed by atoms with Gasteiger partial charge in [0.2, 0.25) is 10.0 Å². The van der Waals surface area contributed by atoms with Crippen molar-refractivity contribution in [3.05, 3.63) is 12.7 Å². The lowest BCUT2D eigenvalue weighted by atomic mass is 10.6. The van der Waals surface area contributed by atoms with Crippen molar-refractivity contribution in [1.29, 1.82) is 0 Å². The summed E-state index contributed by atoms with van der Waals surface area (Å²) >= 11 is 0.